The van der Waals surface area contributed by atoms with Gasteiger partial charge in [-0.05, 0) is 36.8 Å². The highest BCUT2D eigenvalue weighted by Crippen LogP contribution is 2.08. The van der Waals surface area contributed by atoms with E-state index >= 15 is 0 Å². The number of phenols is 1. The van der Waals surface area contributed by atoms with Gasteiger partial charge in [-0.25, -0.2) is 4.79 Å². The molecule has 1 aromatic carbocycles. The lowest BCUT2D eigenvalue weighted by atomic mass is 10.2. The van der Waals surface area contributed by atoms with Gasteiger partial charge in [-0.3, -0.25) is 4.99 Å². The maximum absolute atomic E-state index is 11.0. The van der Waals surface area contributed by atoms with Crippen molar-refractivity contribution in [2.45, 2.75) is 13.0 Å². The Morgan fingerprint density at radius 3 is 2.60 bits per heavy atom. The molecule has 1 rings (SSSR count). The van der Waals surface area contributed by atoms with Gasteiger partial charge in [0.2, 0.25) is 0 Å². The monoisotopic (exact) mass is 207 g/mol. The molecule has 0 aromatic heterocycles. The van der Waals surface area contributed by atoms with Crippen LogP contribution < -0.4 is 0 Å². The summed E-state index contributed by atoms with van der Waals surface area (Å²) < 4.78 is 4.53. The van der Waals surface area contributed by atoms with Crippen LogP contribution in [-0.2, 0) is 9.53 Å². The summed E-state index contributed by atoms with van der Waals surface area (Å²) in [7, 11) is 1.33. The van der Waals surface area contributed by atoms with E-state index in [-0.39, 0.29) is 11.7 Å². The predicted octanol–water partition coefficient (Wildman–Crippen LogP) is 1.37. The number of carbonyl (C=O) groups excluding carboxylic acids is 1. The van der Waals surface area contributed by atoms with Crippen LogP contribution in [0, 0.1) is 0 Å². The van der Waals surface area contributed by atoms with Gasteiger partial charge in [0.15, 0.2) is 0 Å². The topological polar surface area (TPSA) is 58.9 Å². The Balaban J connectivity index is 2.65. The number of carbonyl (C=O) groups is 1. The molecule has 1 aromatic rings. The minimum Gasteiger partial charge on any atom is -0.508 e. The van der Waals surface area contributed by atoms with E-state index in [1.165, 1.54) is 7.11 Å². The molecule has 15 heavy (non-hydrogen) atoms. The highest BCUT2D eigenvalue weighted by molar-refractivity contribution is 5.83. The summed E-state index contributed by atoms with van der Waals surface area (Å²) in [6, 6.07) is 6.03. The normalized spacial score (nSPS) is 12.7. The predicted molar refractivity (Wildman–Crippen MR) is 57.2 cm³/mol. The fraction of sp³-hybridized carbons (Fsp3) is 0.273. The van der Waals surface area contributed by atoms with Crippen molar-refractivity contribution >= 4 is 12.2 Å². The first-order valence-corrected chi connectivity index (χ1v) is 4.53. The highest BCUT2D eigenvalue weighted by atomic mass is 16.5. The van der Waals surface area contributed by atoms with Crippen LogP contribution in [0.3, 0.4) is 0 Å². The van der Waals surface area contributed by atoms with Crippen molar-refractivity contribution in [3.63, 3.8) is 0 Å². The first-order chi connectivity index (χ1) is 7.13. The second-order valence-corrected chi connectivity index (χ2v) is 3.07. The number of rotatable bonds is 3. The Bertz CT molecular complexity index is 357. The van der Waals surface area contributed by atoms with Crippen molar-refractivity contribution in [2.75, 3.05) is 7.11 Å². The molecule has 80 valence electrons. The van der Waals surface area contributed by atoms with Crippen molar-refractivity contribution in [2.24, 2.45) is 4.99 Å². The van der Waals surface area contributed by atoms with E-state index in [0.717, 1.165) is 5.56 Å². The van der Waals surface area contributed by atoms with Crippen molar-refractivity contribution in [1.29, 1.82) is 0 Å². The molecule has 4 heteroatoms. The van der Waals surface area contributed by atoms with Gasteiger partial charge >= 0.3 is 5.97 Å². The molecule has 0 saturated carbocycles. The second kappa shape index (κ2) is 5.14. The summed E-state index contributed by atoms with van der Waals surface area (Å²) in [5, 5.41) is 9.04. The Morgan fingerprint density at radius 1 is 1.47 bits per heavy atom. The number of methoxy groups -OCH3 is 1. The first-order valence-electron chi connectivity index (χ1n) is 4.53. The molecule has 0 aliphatic carbocycles. The Labute approximate surface area is 88.2 Å². The average molecular weight is 207 g/mol. The van der Waals surface area contributed by atoms with Gasteiger partial charge in [-0.15, -0.1) is 0 Å². The number of ether oxygens (including phenoxy) is 1. The van der Waals surface area contributed by atoms with E-state index in [4.69, 9.17) is 5.11 Å². The number of benzene rings is 1. The number of aliphatic imine (C=N–C) groups is 1. The zero-order valence-electron chi connectivity index (χ0n) is 8.68. The van der Waals surface area contributed by atoms with Gasteiger partial charge in [0.05, 0.1) is 7.11 Å². The molecule has 4 nitrogen and oxygen atoms in total. The molecular formula is C11H13NO3. The molecule has 1 atom stereocenters. The van der Waals surface area contributed by atoms with E-state index in [0.29, 0.717) is 0 Å². The minimum atomic E-state index is -0.510. The SMILES string of the molecule is COC(=O)C(C)N=Cc1ccc(O)cc1. The Morgan fingerprint density at radius 2 is 2.07 bits per heavy atom. The lowest BCUT2D eigenvalue weighted by Gasteiger charge is -2.02. The van der Waals surface area contributed by atoms with Crippen molar-refractivity contribution < 1.29 is 14.6 Å². The molecular weight excluding hydrogens is 194 g/mol. The summed E-state index contributed by atoms with van der Waals surface area (Å²) >= 11 is 0. The van der Waals surface area contributed by atoms with Crippen LogP contribution in [0.5, 0.6) is 5.75 Å². The molecule has 0 radical (unpaired) electrons. The average Bonchev–Trinajstić information content (AvgIpc) is 2.26. The van der Waals surface area contributed by atoms with E-state index in [2.05, 4.69) is 9.73 Å². The van der Waals surface area contributed by atoms with Gasteiger partial charge < -0.3 is 9.84 Å². The van der Waals surface area contributed by atoms with Crippen LogP contribution in [-0.4, -0.2) is 30.4 Å². The van der Waals surface area contributed by atoms with Gasteiger partial charge in [0.25, 0.3) is 0 Å². The summed E-state index contributed by atoms with van der Waals surface area (Å²) in [4.78, 5) is 15.0. The summed E-state index contributed by atoms with van der Waals surface area (Å²) in [6.07, 6.45) is 1.57. The number of hydrogen-bond acceptors (Lipinski definition) is 4. The highest BCUT2D eigenvalue weighted by Gasteiger charge is 2.09. The lowest BCUT2D eigenvalue weighted by molar-refractivity contribution is -0.141. The zero-order valence-corrected chi connectivity index (χ0v) is 8.68. The molecule has 1 unspecified atom stereocenters. The van der Waals surface area contributed by atoms with E-state index in [1.807, 2.05) is 0 Å². The van der Waals surface area contributed by atoms with Gasteiger partial charge in [0.1, 0.15) is 11.8 Å². The molecule has 0 fully saturated rings. The smallest absolute Gasteiger partial charge is 0.330 e. The van der Waals surface area contributed by atoms with Crippen LogP contribution in [0.1, 0.15) is 12.5 Å². The summed E-state index contributed by atoms with van der Waals surface area (Å²) in [5.74, 6) is -0.168. The van der Waals surface area contributed by atoms with Gasteiger partial charge in [-0.1, -0.05) is 0 Å². The standard InChI is InChI=1S/C11H13NO3/c1-8(11(14)15-2)12-7-9-3-5-10(13)6-4-9/h3-8,13H,1-2H3. The Kier molecular flexibility index (Phi) is 3.85. The van der Waals surface area contributed by atoms with Crippen LogP contribution in [0.15, 0.2) is 29.3 Å². The molecule has 0 spiro atoms. The number of hydrogen-bond donors (Lipinski definition) is 1. The van der Waals surface area contributed by atoms with Crippen LogP contribution in [0.4, 0.5) is 0 Å². The molecule has 0 amide bonds. The van der Waals surface area contributed by atoms with Gasteiger partial charge in [-0.2, -0.15) is 0 Å². The van der Waals surface area contributed by atoms with E-state index in [1.54, 1.807) is 37.4 Å². The Hall–Kier alpha value is -1.84. The fourth-order valence-corrected chi connectivity index (χ4v) is 0.990. The molecule has 1 N–H and O–H groups in total. The number of phenolic OH excluding ortho intramolecular Hbond substituents is 1. The maximum atomic E-state index is 11.0. The number of nitrogens with zero attached hydrogens (tertiary/aromatic N) is 1. The third kappa shape index (κ3) is 3.42. The van der Waals surface area contributed by atoms with Crippen LogP contribution >= 0.6 is 0 Å². The lowest BCUT2D eigenvalue weighted by Crippen LogP contribution is -2.16. The van der Waals surface area contributed by atoms with Crippen LogP contribution in [0.2, 0.25) is 0 Å². The molecule has 0 aliphatic rings. The zero-order chi connectivity index (χ0) is 11.3. The van der Waals surface area contributed by atoms with Crippen LogP contribution in [0.25, 0.3) is 0 Å². The summed E-state index contributed by atoms with van der Waals surface area (Å²) in [6.45, 7) is 1.66. The van der Waals surface area contributed by atoms with Crippen molar-refractivity contribution in [3.05, 3.63) is 29.8 Å². The fourth-order valence-electron chi connectivity index (χ4n) is 0.990. The van der Waals surface area contributed by atoms with Crippen molar-refractivity contribution in [3.8, 4) is 5.75 Å². The molecule has 0 aliphatic heterocycles. The van der Waals surface area contributed by atoms with E-state index in [9.17, 15) is 4.79 Å². The van der Waals surface area contributed by atoms with Crippen molar-refractivity contribution in [1.82, 2.24) is 0 Å². The third-order valence-electron chi connectivity index (χ3n) is 1.88. The maximum Gasteiger partial charge on any atom is 0.330 e. The van der Waals surface area contributed by atoms with Gasteiger partial charge in [0, 0.05) is 6.21 Å². The second-order valence-electron chi connectivity index (χ2n) is 3.07. The molecule has 0 heterocycles. The largest absolute Gasteiger partial charge is 0.508 e. The quantitative estimate of drug-likeness (QED) is 0.601. The summed E-state index contributed by atoms with van der Waals surface area (Å²) in [5.41, 5.74) is 0.823. The number of esters is 1. The third-order valence-corrected chi connectivity index (χ3v) is 1.88. The molecule has 0 bridgehead atoms. The number of aromatic hydroxyl groups is 1. The first kappa shape index (κ1) is 11.2. The minimum absolute atomic E-state index is 0.202. The molecule has 0 saturated heterocycles. The van der Waals surface area contributed by atoms with E-state index < -0.39 is 6.04 Å².